The zero-order chi connectivity index (χ0) is 11.9. The molecule has 17 heavy (non-hydrogen) atoms. The molecule has 0 fully saturated rings. The summed E-state index contributed by atoms with van der Waals surface area (Å²) < 4.78 is 10.2. The summed E-state index contributed by atoms with van der Waals surface area (Å²) >= 11 is 0. The maximum atomic E-state index is 11.5. The first kappa shape index (κ1) is 11.5. The molecular weight excluding hydrogens is 220 g/mol. The Hall–Kier alpha value is -2.01. The summed E-state index contributed by atoms with van der Waals surface area (Å²) in [6.07, 6.45) is 3.14. The Morgan fingerprint density at radius 2 is 2.06 bits per heavy atom. The first-order chi connectivity index (χ1) is 8.36. The fourth-order valence-corrected chi connectivity index (χ4v) is 1.46. The van der Waals surface area contributed by atoms with Gasteiger partial charge in [0.1, 0.15) is 6.54 Å². The standard InChI is InChI=1S/C12H14N2O3/c15-12(11-4-2-8-17-11)14-6-5-13-9-10-3-1-7-16-10/h1-4,7-8,13H,5-6,9H2,(H,14,15)/p+1. The highest BCUT2D eigenvalue weighted by Gasteiger charge is 2.07. The minimum absolute atomic E-state index is 0.179. The second-order valence-corrected chi connectivity index (χ2v) is 3.59. The summed E-state index contributed by atoms with van der Waals surface area (Å²) in [6, 6.07) is 7.12. The van der Waals surface area contributed by atoms with Crippen molar-refractivity contribution in [2.24, 2.45) is 0 Å². The molecule has 0 saturated heterocycles. The molecule has 0 aliphatic heterocycles. The van der Waals surface area contributed by atoms with Crippen LogP contribution in [0.2, 0.25) is 0 Å². The lowest BCUT2D eigenvalue weighted by Gasteiger charge is -2.01. The molecule has 2 heterocycles. The zero-order valence-corrected chi connectivity index (χ0v) is 9.39. The molecule has 0 atom stereocenters. The van der Waals surface area contributed by atoms with Gasteiger partial charge in [0.25, 0.3) is 5.91 Å². The predicted octanol–water partition coefficient (Wildman–Crippen LogP) is 0.366. The van der Waals surface area contributed by atoms with E-state index >= 15 is 0 Å². The molecule has 0 unspecified atom stereocenters. The third-order valence-corrected chi connectivity index (χ3v) is 2.30. The molecule has 3 N–H and O–H groups in total. The van der Waals surface area contributed by atoms with E-state index in [0.29, 0.717) is 12.3 Å². The number of carbonyl (C=O) groups excluding carboxylic acids is 1. The number of hydrogen-bond donors (Lipinski definition) is 2. The van der Waals surface area contributed by atoms with E-state index in [-0.39, 0.29) is 5.91 Å². The number of hydrogen-bond acceptors (Lipinski definition) is 3. The molecule has 2 aromatic rings. The van der Waals surface area contributed by atoms with Crippen LogP contribution in [0.1, 0.15) is 16.3 Å². The molecule has 2 aromatic heterocycles. The van der Waals surface area contributed by atoms with Crippen molar-refractivity contribution in [1.29, 1.82) is 0 Å². The van der Waals surface area contributed by atoms with Crippen molar-refractivity contribution in [1.82, 2.24) is 5.32 Å². The molecule has 0 aliphatic carbocycles. The average Bonchev–Trinajstić information content (AvgIpc) is 3.01. The van der Waals surface area contributed by atoms with Crippen molar-refractivity contribution in [3.63, 3.8) is 0 Å². The fourth-order valence-electron chi connectivity index (χ4n) is 1.46. The van der Waals surface area contributed by atoms with E-state index in [1.54, 1.807) is 18.4 Å². The summed E-state index contributed by atoms with van der Waals surface area (Å²) in [7, 11) is 0. The smallest absolute Gasteiger partial charge is 0.287 e. The zero-order valence-electron chi connectivity index (χ0n) is 9.39. The van der Waals surface area contributed by atoms with Crippen LogP contribution >= 0.6 is 0 Å². The molecule has 0 bridgehead atoms. The van der Waals surface area contributed by atoms with Crippen LogP contribution in [0, 0.1) is 0 Å². The Labute approximate surface area is 98.8 Å². The van der Waals surface area contributed by atoms with E-state index in [2.05, 4.69) is 10.6 Å². The third kappa shape index (κ3) is 3.49. The summed E-state index contributed by atoms with van der Waals surface area (Å²) in [5, 5.41) is 4.84. The van der Waals surface area contributed by atoms with Crippen molar-refractivity contribution in [3.8, 4) is 0 Å². The van der Waals surface area contributed by atoms with Gasteiger partial charge in [0, 0.05) is 0 Å². The Bertz CT molecular complexity index is 434. The van der Waals surface area contributed by atoms with Crippen LogP contribution in [-0.2, 0) is 6.54 Å². The molecule has 0 spiro atoms. The molecule has 5 nitrogen and oxygen atoms in total. The molecule has 90 valence electrons. The van der Waals surface area contributed by atoms with Crippen LogP contribution in [0.5, 0.6) is 0 Å². The van der Waals surface area contributed by atoms with Gasteiger partial charge in [-0.05, 0) is 24.3 Å². The number of nitrogens with one attached hydrogen (secondary N) is 1. The lowest BCUT2D eigenvalue weighted by molar-refractivity contribution is -0.670. The van der Waals surface area contributed by atoms with Gasteiger partial charge in [0.05, 0.1) is 25.6 Å². The van der Waals surface area contributed by atoms with Crippen molar-refractivity contribution >= 4 is 5.91 Å². The molecule has 1 amide bonds. The summed E-state index contributed by atoms with van der Waals surface area (Å²) in [6.45, 7) is 2.18. The molecule has 2 rings (SSSR count). The Morgan fingerprint density at radius 1 is 1.24 bits per heavy atom. The normalized spacial score (nSPS) is 10.4. The molecular formula is C12H15N2O3+. The van der Waals surface area contributed by atoms with Crippen LogP contribution in [0.25, 0.3) is 0 Å². The maximum Gasteiger partial charge on any atom is 0.287 e. The SMILES string of the molecule is O=C(NCC[NH2+]Cc1ccco1)c1ccco1. The largest absolute Gasteiger partial charge is 0.463 e. The first-order valence-electron chi connectivity index (χ1n) is 5.52. The number of amides is 1. The van der Waals surface area contributed by atoms with Crippen molar-refractivity contribution in [2.45, 2.75) is 6.54 Å². The Kier molecular flexibility index (Phi) is 3.99. The van der Waals surface area contributed by atoms with Gasteiger partial charge in [-0.3, -0.25) is 4.79 Å². The maximum absolute atomic E-state index is 11.5. The van der Waals surface area contributed by atoms with Gasteiger partial charge in [-0.15, -0.1) is 0 Å². The number of quaternary nitrogens is 1. The molecule has 0 aromatic carbocycles. The number of furan rings is 2. The summed E-state index contributed by atoms with van der Waals surface area (Å²) in [5.74, 6) is 1.10. The van der Waals surface area contributed by atoms with Crippen molar-refractivity contribution in [2.75, 3.05) is 13.1 Å². The molecule has 0 saturated carbocycles. The van der Waals surface area contributed by atoms with E-state index < -0.39 is 0 Å². The second kappa shape index (κ2) is 5.91. The summed E-state index contributed by atoms with van der Waals surface area (Å²) in [5.41, 5.74) is 0. The highest BCUT2D eigenvalue weighted by molar-refractivity contribution is 5.91. The van der Waals surface area contributed by atoms with Crippen LogP contribution < -0.4 is 10.6 Å². The van der Waals surface area contributed by atoms with Gasteiger partial charge in [-0.1, -0.05) is 0 Å². The lowest BCUT2D eigenvalue weighted by Crippen LogP contribution is -2.84. The van der Waals surface area contributed by atoms with Crippen LogP contribution in [0.4, 0.5) is 0 Å². The monoisotopic (exact) mass is 235 g/mol. The number of nitrogens with two attached hydrogens (primary N) is 1. The van der Waals surface area contributed by atoms with Gasteiger partial charge < -0.3 is 19.5 Å². The Morgan fingerprint density at radius 3 is 2.76 bits per heavy atom. The van der Waals surface area contributed by atoms with Gasteiger partial charge in [0.15, 0.2) is 11.5 Å². The van der Waals surface area contributed by atoms with Gasteiger partial charge >= 0.3 is 0 Å². The van der Waals surface area contributed by atoms with E-state index in [1.165, 1.54) is 6.26 Å². The van der Waals surface area contributed by atoms with Gasteiger partial charge in [-0.25, -0.2) is 0 Å². The average molecular weight is 235 g/mol. The molecule has 0 aliphatic rings. The van der Waals surface area contributed by atoms with E-state index in [4.69, 9.17) is 8.83 Å². The quantitative estimate of drug-likeness (QED) is 0.710. The first-order valence-corrected chi connectivity index (χ1v) is 5.52. The predicted molar refractivity (Wildman–Crippen MR) is 60.2 cm³/mol. The topological polar surface area (TPSA) is 72.0 Å². The van der Waals surface area contributed by atoms with Crippen LogP contribution in [0.3, 0.4) is 0 Å². The second-order valence-electron chi connectivity index (χ2n) is 3.59. The van der Waals surface area contributed by atoms with Crippen molar-refractivity contribution in [3.05, 3.63) is 48.3 Å². The van der Waals surface area contributed by atoms with Crippen LogP contribution in [0.15, 0.2) is 45.6 Å². The lowest BCUT2D eigenvalue weighted by atomic mass is 10.4. The third-order valence-electron chi connectivity index (χ3n) is 2.30. The van der Waals surface area contributed by atoms with Gasteiger partial charge in [-0.2, -0.15) is 0 Å². The van der Waals surface area contributed by atoms with E-state index in [1.807, 2.05) is 12.1 Å². The van der Waals surface area contributed by atoms with E-state index in [0.717, 1.165) is 18.8 Å². The fraction of sp³-hybridized carbons (Fsp3) is 0.250. The minimum atomic E-state index is -0.179. The van der Waals surface area contributed by atoms with Crippen LogP contribution in [-0.4, -0.2) is 19.0 Å². The summed E-state index contributed by atoms with van der Waals surface area (Å²) in [4.78, 5) is 11.5. The molecule has 0 radical (unpaired) electrons. The highest BCUT2D eigenvalue weighted by Crippen LogP contribution is 1.98. The number of rotatable bonds is 6. The molecule has 5 heteroatoms. The van der Waals surface area contributed by atoms with Gasteiger partial charge in [0.2, 0.25) is 0 Å². The Balaban J connectivity index is 1.59. The van der Waals surface area contributed by atoms with Crippen molar-refractivity contribution < 1.29 is 18.9 Å². The minimum Gasteiger partial charge on any atom is -0.463 e. The number of carbonyl (C=O) groups is 1. The van der Waals surface area contributed by atoms with E-state index in [9.17, 15) is 4.79 Å². The highest BCUT2D eigenvalue weighted by atomic mass is 16.3.